The Bertz CT molecular complexity index is 1170. The summed E-state index contributed by atoms with van der Waals surface area (Å²) in [6, 6.07) is 23.5. The summed E-state index contributed by atoms with van der Waals surface area (Å²) in [4.78, 5) is 28.8. The molecule has 0 saturated carbocycles. The van der Waals surface area contributed by atoms with Gasteiger partial charge in [0.1, 0.15) is 17.6 Å². The first-order valence-corrected chi connectivity index (χ1v) is 11.0. The highest BCUT2D eigenvalue weighted by atomic mass is 19.1. The number of benzene rings is 3. The summed E-state index contributed by atoms with van der Waals surface area (Å²) in [5, 5.41) is 9.60. The van der Waals surface area contributed by atoms with Crippen LogP contribution in [0.2, 0.25) is 0 Å². The Hall–Kier alpha value is -4.02. The van der Waals surface area contributed by atoms with Crippen molar-refractivity contribution >= 4 is 11.7 Å². The molecule has 0 N–H and O–H groups in total. The molecule has 1 amide bonds. The summed E-state index contributed by atoms with van der Waals surface area (Å²) in [6.45, 7) is 1.93. The Balaban J connectivity index is 1.27. The molecule has 3 aromatic rings. The lowest BCUT2D eigenvalue weighted by molar-refractivity contribution is -0.135. The summed E-state index contributed by atoms with van der Waals surface area (Å²) < 4.78 is 18.8. The molecular weight excluding hydrogens is 433 g/mol. The summed E-state index contributed by atoms with van der Waals surface area (Å²) in [5.74, 6) is -0.0393. The standard InChI is InChI=1S/C27H24FN3O3/c28-23-10-6-20(7-11-23)25(18-29)30-14-16-31(17-15-30)26(32)19-34-24-12-8-22(9-13-24)27(33)21-4-2-1-3-5-21/h1-13,25H,14-17,19H2. The van der Waals surface area contributed by atoms with Gasteiger partial charge in [-0.05, 0) is 42.0 Å². The maximum atomic E-state index is 13.2. The van der Waals surface area contributed by atoms with E-state index < -0.39 is 6.04 Å². The van der Waals surface area contributed by atoms with Crippen molar-refractivity contribution in [3.8, 4) is 11.8 Å². The Kier molecular flexibility index (Phi) is 7.31. The number of ketones is 1. The zero-order valence-electron chi connectivity index (χ0n) is 18.6. The van der Waals surface area contributed by atoms with E-state index in [0.717, 1.165) is 5.56 Å². The molecule has 34 heavy (non-hydrogen) atoms. The topological polar surface area (TPSA) is 73.6 Å². The van der Waals surface area contributed by atoms with E-state index in [-0.39, 0.29) is 24.1 Å². The van der Waals surface area contributed by atoms with E-state index in [9.17, 15) is 19.2 Å². The van der Waals surface area contributed by atoms with Crippen LogP contribution >= 0.6 is 0 Å². The van der Waals surface area contributed by atoms with Gasteiger partial charge in [-0.2, -0.15) is 5.26 Å². The molecule has 7 heteroatoms. The number of nitriles is 1. The van der Waals surface area contributed by atoms with Crippen molar-refractivity contribution in [3.63, 3.8) is 0 Å². The molecule has 0 radical (unpaired) electrons. The molecule has 0 aliphatic carbocycles. The lowest BCUT2D eigenvalue weighted by Crippen LogP contribution is -2.50. The number of rotatable bonds is 7. The van der Waals surface area contributed by atoms with Crippen LogP contribution in [-0.2, 0) is 4.79 Å². The predicted molar refractivity (Wildman–Crippen MR) is 125 cm³/mol. The molecule has 6 nitrogen and oxygen atoms in total. The van der Waals surface area contributed by atoms with Crippen LogP contribution in [0.1, 0.15) is 27.5 Å². The van der Waals surface area contributed by atoms with Crippen molar-refractivity contribution in [2.45, 2.75) is 6.04 Å². The first kappa shape index (κ1) is 23.1. The molecule has 1 heterocycles. The van der Waals surface area contributed by atoms with Gasteiger partial charge in [0, 0.05) is 37.3 Å². The highest BCUT2D eigenvalue weighted by Crippen LogP contribution is 2.22. The summed E-state index contributed by atoms with van der Waals surface area (Å²) in [6.07, 6.45) is 0. The minimum absolute atomic E-state index is 0.0718. The molecular formula is C27H24FN3O3. The van der Waals surface area contributed by atoms with Gasteiger partial charge in [0.2, 0.25) is 0 Å². The van der Waals surface area contributed by atoms with Gasteiger partial charge < -0.3 is 9.64 Å². The highest BCUT2D eigenvalue weighted by molar-refractivity contribution is 6.08. The van der Waals surface area contributed by atoms with Gasteiger partial charge in [-0.25, -0.2) is 4.39 Å². The summed E-state index contributed by atoms with van der Waals surface area (Å²) in [5.41, 5.74) is 1.90. The first-order valence-electron chi connectivity index (χ1n) is 11.0. The van der Waals surface area contributed by atoms with Crippen molar-refractivity contribution in [2.24, 2.45) is 0 Å². The fraction of sp³-hybridized carbons (Fsp3) is 0.222. The van der Waals surface area contributed by atoms with Crippen molar-refractivity contribution in [1.29, 1.82) is 5.26 Å². The molecule has 1 unspecified atom stereocenters. The number of halogens is 1. The fourth-order valence-electron chi connectivity index (χ4n) is 3.94. The maximum Gasteiger partial charge on any atom is 0.260 e. The van der Waals surface area contributed by atoms with Gasteiger partial charge in [0.05, 0.1) is 6.07 Å². The quantitative estimate of drug-likeness (QED) is 0.504. The Morgan fingerprint density at radius 1 is 0.882 bits per heavy atom. The van der Waals surface area contributed by atoms with Gasteiger partial charge in [-0.1, -0.05) is 42.5 Å². The third kappa shape index (κ3) is 5.48. The lowest BCUT2D eigenvalue weighted by atomic mass is 10.0. The van der Waals surface area contributed by atoms with Crippen LogP contribution in [0.4, 0.5) is 4.39 Å². The molecule has 1 fully saturated rings. The predicted octanol–water partition coefficient (Wildman–Crippen LogP) is 3.84. The number of amides is 1. The molecule has 1 saturated heterocycles. The zero-order chi connectivity index (χ0) is 23.9. The van der Waals surface area contributed by atoms with Gasteiger partial charge >= 0.3 is 0 Å². The average Bonchev–Trinajstić information content (AvgIpc) is 2.89. The number of hydrogen-bond donors (Lipinski definition) is 0. The minimum atomic E-state index is -0.480. The largest absolute Gasteiger partial charge is 0.484 e. The number of hydrogen-bond acceptors (Lipinski definition) is 5. The van der Waals surface area contributed by atoms with Crippen molar-refractivity contribution in [1.82, 2.24) is 9.80 Å². The number of nitrogens with zero attached hydrogens (tertiary/aromatic N) is 3. The monoisotopic (exact) mass is 457 g/mol. The van der Waals surface area contributed by atoms with Gasteiger partial charge in [0.25, 0.3) is 5.91 Å². The molecule has 0 aromatic heterocycles. The number of carbonyl (C=O) groups is 2. The van der Waals surface area contributed by atoms with Crippen molar-refractivity contribution < 1.29 is 18.7 Å². The molecule has 172 valence electrons. The lowest BCUT2D eigenvalue weighted by Gasteiger charge is -2.37. The van der Waals surface area contributed by atoms with E-state index in [0.29, 0.717) is 43.1 Å². The first-order chi connectivity index (χ1) is 16.5. The van der Waals surface area contributed by atoms with Gasteiger partial charge in [-0.3, -0.25) is 14.5 Å². The van der Waals surface area contributed by atoms with Crippen LogP contribution < -0.4 is 4.74 Å². The SMILES string of the molecule is N#CC(c1ccc(F)cc1)N1CCN(C(=O)COc2ccc(C(=O)c3ccccc3)cc2)CC1. The molecule has 1 aliphatic heterocycles. The maximum absolute atomic E-state index is 13.2. The van der Waals surface area contributed by atoms with E-state index in [1.807, 2.05) is 23.1 Å². The second-order valence-electron chi connectivity index (χ2n) is 8.01. The number of carbonyl (C=O) groups excluding carboxylic acids is 2. The summed E-state index contributed by atoms with van der Waals surface area (Å²) in [7, 11) is 0. The van der Waals surface area contributed by atoms with Crippen molar-refractivity contribution in [3.05, 3.63) is 101 Å². The smallest absolute Gasteiger partial charge is 0.260 e. The third-order valence-corrected chi connectivity index (χ3v) is 5.85. The molecule has 4 rings (SSSR count). The van der Waals surface area contributed by atoms with Crippen LogP contribution in [0.5, 0.6) is 5.75 Å². The van der Waals surface area contributed by atoms with Crippen LogP contribution in [0.3, 0.4) is 0 Å². The second-order valence-corrected chi connectivity index (χ2v) is 8.01. The van der Waals surface area contributed by atoms with Crippen LogP contribution in [-0.4, -0.2) is 54.3 Å². The Morgan fingerprint density at radius 2 is 1.50 bits per heavy atom. The molecule has 1 atom stereocenters. The minimum Gasteiger partial charge on any atom is -0.484 e. The van der Waals surface area contributed by atoms with E-state index in [4.69, 9.17) is 4.74 Å². The fourth-order valence-corrected chi connectivity index (χ4v) is 3.94. The van der Waals surface area contributed by atoms with Crippen molar-refractivity contribution in [2.75, 3.05) is 32.8 Å². The van der Waals surface area contributed by atoms with Gasteiger partial charge in [0.15, 0.2) is 12.4 Å². The second kappa shape index (κ2) is 10.7. The number of ether oxygens (including phenoxy) is 1. The molecule has 1 aliphatic rings. The number of piperazine rings is 1. The van der Waals surface area contributed by atoms with Gasteiger partial charge in [-0.15, -0.1) is 0 Å². The zero-order valence-corrected chi connectivity index (χ0v) is 18.6. The van der Waals surface area contributed by atoms with Crippen LogP contribution in [0, 0.1) is 17.1 Å². The van der Waals surface area contributed by atoms with E-state index in [2.05, 4.69) is 6.07 Å². The Morgan fingerprint density at radius 3 is 2.12 bits per heavy atom. The molecule has 3 aromatic carbocycles. The normalized spacial score (nSPS) is 14.8. The summed E-state index contributed by atoms with van der Waals surface area (Å²) >= 11 is 0. The molecule has 0 bridgehead atoms. The van der Waals surface area contributed by atoms with E-state index in [1.54, 1.807) is 53.4 Å². The Labute approximate surface area is 197 Å². The van der Waals surface area contributed by atoms with E-state index >= 15 is 0 Å². The molecule has 0 spiro atoms. The average molecular weight is 458 g/mol. The van der Waals surface area contributed by atoms with Crippen LogP contribution in [0.15, 0.2) is 78.9 Å². The highest BCUT2D eigenvalue weighted by Gasteiger charge is 2.27. The van der Waals surface area contributed by atoms with E-state index in [1.165, 1.54) is 12.1 Å². The van der Waals surface area contributed by atoms with Crippen LogP contribution in [0.25, 0.3) is 0 Å². The third-order valence-electron chi connectivity index (χ3n) is 5.85.